The van der Waals surface area contributed by atoms with Crippen molar-refractivity contribution in [2.45, 2.75) is 25.1 Å². The third-order valence-electron chi connectivity index (χ3n) is 6.28. The van der Waals surface area contributed by atoms with Crippen molar-refractivity contribution in [1.82, 2.24) is 5.32 Å². The molecule has 0 bridgehead atoms. The Morgan fingerprint density at radius 2 is 1.94 bits per heavy atom. The molecule has 1 N–H and O–H groups in total. The Hall–Kier alpha value is -2.55. The van der Waals surface area contributed by atoms with Crippen LogP contribution in [0.2, 0.25) is 0 Å². The minimum atomic E-state index is -4.40. The minimum Gasteiger partial charge on any atom is -0.493 e. The van der Waals surface area contributed by atoms with E-state index in [1.807, 2.05) is 18.2 Å². The Morgan fingerprint density at radius 3 is 2.67 bits per heavy atom. The number of thioether (sulfide) groups is 1. The number of ether oxygens (including phenoxy) is 2. The van der Waals surface area contributed by atoms with Gasteiger partial charge in [0.1, 0.15) is 0 Å². The van der Waals surface area contributed by atoms with Crippen LogP contribution in [0.5, 0.6) is 11.5 Å². The predicted octanol–water partition coefficient (Wildman–Crippen LogP) is 4.18. The number of carbonyl (C=O) groups is 1. The van der Waals surface area contributed by atoms with Crippen LogP contribution in [0.1, 0.15) is 16.7 Å². The van der Waals surface area contributed by atoms with Crippen LogP contribution < -0.4 is 19.7 Å². The van der Waals surface area contributed by atoms with E-state index >= 15 is 0 Å². The molecule has 2 aromatic carbocycles. The molecule has 1 amide bonds. The van der Waals surface area contributed by atoms with E-state index in [0.29, 0.717) is 36.4 Å². The number of nitrogens with zero attached hydrogens (tertiary/aromatic N) is 1. The third-order valence-corrected chi connectivity index (χ3v) is 7.33. The Labute approximate surface area is 195 Å². The van der Waals surface area contributed by atoms with Crippen molar-refractivity contribution in [3.05, 3.63) is 53.1 Å². The lowest BCUT2D eigenvalue weighted by Crippen LogP contribution is -2.55. The lowest BCUT2D eigenvalue weighted by Gasteiger charge is -2.45. The first-order valence-electron chi connectivity index (χ1n) is 10.8. The highest BCUT2D eigenvalue weighted by atomic mass is 32.2. The molecule has 0 aromatic heterocycles. The molecular formula is C24H27F3N2O3S. The number of halogens is 3. The Kier molecular flexibility index (Phi) is 6.97. The predicted molar refractivity (Wildman–Crippen MR) is 123 cm³/mol. The number of nitrogens with one attached hydrogen (secondary N) is 1. The fourth-order valence-electron chi connectivity index (χ4n) is 4.60. The lowest BCUT2D eigenvalue weighted by molar-refractivity contribution is -0.137. The monoisotopic (exact) mass is 480 g/mol. The third kappa shape index (κ3) is 5.03. The van der Waals surface area contributed by atoms with Gasteiger partial charge in [-0.3, -0.25) is 4.79 Å². The summed E-state index contributed by atoms with van der Waals surface area (Å²) in [6.07, 6.45) is -3.49. The summed E-state index contributed by atoms with van der Waals surface area (Å²) in [5.41, 5.74) is 1.74. The summed E-state index contributed by atoms with van der Waals surface area (Å²) in [4.78, 5) is 15.3. The molecule has 2 unspecified atom stereocenters. The molecule has 0 saturated carbocycles. The van der Waals surface area contributed by atoms with E-state index in [9.17, 15) is 18.0 Å². The van der Waals surface area contributed by atoms with Crippen LogP contribution >= 0.6 is 11.8 Å². The number of anilines is 1. The normalized spacial score (nSPS) is 20.0. The molecule has 0 spiro atoms. The van der Waals surface area contributed by atoms with E-state index in [1.54, 1.807) is 32.0 Å². The summed E-state index contributed by atoms with van der Waals surface area (Å²) >= 11 is 1.78. The van der Waals surface area contributed by atoms with Gasteiger partial charge in [0.05, 0.1) is 25.7 Å². The first-order valence-corrected chi connectivity index (χ1v) is 12.0. The van der Waals surface area contributed by atoms with E-state index in [0.717, 1.165) is 35.4 Å². The quantitative estimate of drug-likeness (QED) is 0.673. The minimum absolute atomic E-state index is 0.0194. The van der Waals surface area contributed by atoms with Gasteiger partial charge in [-0.1, -0.05) is 6.07 Å². The van der Waals surface area contributed by atoms with Crippen LogP contribution in [-0.4, -0.2) is 50.8 Å². The van der Waals surface area contributed by atoms with Crippen LogP contribution in [0, 0.1) is 5.92 Å². The van der Waals surface area contributed by atoms with Crippen molar-refractivity contribution >= 4 is 23.4 Å². The van der Waals surface area contributed by atoms with Crippen LogP contribution in [0.4, 0.5) is 18.9 Å². The number of carbonyl (C=O) groups excluding carboxylic acids is 1. The number of amides is 1. The molecule has 1 saturated heterocycles. The highest BCUT2D eigenvalue weighted by Gasteiger charge is 2.41. The van der Waals surface area contributed by atoms with Gasteiger partial charge in [0.25, 0.3) is 0 Å². The fraction of sp³-hybridized carbons (Fsp3) is 0.458. The molecule has 178 valence electrons. The summed E-state index contributed by atoms with van der Waals surface area (Å²) in [5, 5.41) is 3.01. The summed E-state index contributed by atoms with van der Waals surface area (Å²) in [7, 11) is 3.15. The number of hydrogen-bond acceptors (Lipinski definition) is 5. The van der Waals surface area contributed by atoms with Crippen molar-refractivity contribution in [1.29, 1.82) is 0 Å². The number of hydrogen-bond donors (Lipinski definition) is 1. The molecule has 2 aliphatic rings. The maximum atomic E-state index is 13.3. The maximum Gasteiger partial charge on any atom is 0.416 e. The van der Waals surface area contributed by atoms with Crippen molar-refractivity contribution in [2.24, 2.45) is 5.92 Å². The largest absolute Gasteiger partial charge is 0.493 e. The Morgan fingerprint density at radius 1 is 1.15 bits per heavy atom. The van der Waals surface area contributed by atoms with Gasteiger partial charge in [-0.15, -0.1) is 0 Å². The molecule has 2 atom stereocenters. The Bertz CT molecular complexity index is 1010. The van der Waals surface area contributed by atoms with Crippen LogP contribution in [0.15, 0.2) is 36.4 Å². The molecule has 4 rings (SSSR count). The van der Waals surface area contributed by atoms with Gasteiger partial charge >= 0.3 is 6.18 Å². The summed E-state index contributed by atoms with van der Waals surface area (Å²) < 4.78 is 50.4. The second kappa shape index (κ2) is 9.75. The highest BCUT2D eigenvalue weighted by Crippen LogP contribution is 2.40. The van der Waals surface area contributed by atoms with E-state index in [-0.39, 0.29) is 17.9 Å². The smallest absolute Gasteiger partial charge is 0.416 e. The number of alkyl halides is 3. The van der Waals surface area contributed by atoms with Crippen LogP contribution in [-0.2, 0) is 23.8 Å². The van der Waals surface area contributed by atoms with Gasteiger partial charge < -0.3 is 19.7 Å². The highest BCUT2D eigenvalue weighted by molar-refractivity contribution is 7.99. The second-order valence-electron chi connectivity index (χ2n) is 8.22. The zero-order valence-electron chi connectivity index (χ0n) is 18.6. The molecule has 9 heteroatoms. The van der Waals surface area contributed by atoms with Crippen molar-refractivity contribution < 1.29 is 27.4 Å². The molecule has 2 heterocycles. The van der Waals surface area contributed by atoms with E-state index in [4.69, 9.17) is 9.47 Å². The van der Waals surface area contributed by atoms with Gasteiger partial charge in [-0.05, 0) is 54.3 Å². The zero-order chi connectivity index (χ0) is 23.6. The van der Waals surface area contributed by atoms with E-state index < -0.39 is 11.7 Å². The molecule has 5 nitrogen and oxygen atoms in total. The molecule has 33 heavy (non-hydrogen) atoms. The fourth-order valence-corrected chi connectivity index (χ4v) is 5.74. The molecule has 1 fully saturated rings. The van der Waals surface area contributed by atoms with Crippen LogP contribution in [0.25, 0.3) is 0 Å². The number of benzene rings is 2. The van der Waals surface area contributed by atoms with Gasteiger partial charge in [0.2, 0.25) is 5.91 Å². The van der Waals surface area contributed by atoms with Crippen molar-refractivity contribution in [3.8, 4) is 11.5 Å². The average Bonchev–Trinajstić information content (AvgIpc) is 2.82. The summed E-state index contributed by atoms with van der Waals surface area (Å²) in [6.45, 7) is 1.16. The Balaban J connectivity index is 1.47. The van der Waals surface area contributed by atoms with Gasteiger partial charge in [0.15, 0.2) is 11.5 Å². The van der Waals surface area contributed by atoms with Gasteiger partial charge in [-0.2, -0.15) is 24.9 Å². The van der Waals surface area contributed by atoms with Crippen molar-refractivity contribution in [2.75, 3.05) is 43.7 Å². The molecule has 2 aromatic rings. The number of rotatable bonds is 6. The molecule has 2 aliphatic heterocycles. The van der Waals surface area contributed by atoms with E-state index in [1.165, 1.54) is 6.07 Å². The summed E-state index contributed by atoms with van der Waals surface area (Å²) in [6, 6.07) is 9.51. The first-order chi connectivity index (χ1) is 15.8. The summed E-state index contributed by atoms with van der Waals surface area (Å²) in [5.74, 6) is 2.44. The lowest BCUT2D eigenvalue weighted by atomic mass is 9.84. The van der Waals surface area contributed by atoms with Gasteiger partial charge in [-0.25, -0.2) is 0 Å². The topological polar surface area (TPSA) is 50.8 Å². The first kappa shape index (κ1) is 23.6. The SMILES string of the molecule is COc1ccc(CCNC(=O)C2Cc3cc(C(F)(F)F)ccc3N3CCSCC23)cc1OC. The average molecular weight is 481 g/mol. The number of methoxy groups -OCH3 is 2. The molecule has 0 radical (unpaired) electrons. The van der Waals surface area contributed by atoms with E-state index in [2.05, 4.69) is 10.2 Å². The standard InChI is InChI=1S/C24H27F3N2O3S/c1-31-21-6-3-15(11-22(21)32-2)7-8-28-23(30)18-13-16-12-17(24(25,26)27)4-5-19(16)29-9-10-33-14-20(18)29/h3-6,11-12,18,20H,7-10,13-14H2,1-2H3,(H,28,30). The maximum absolute atomic E-state index is 13.3. The zero-order valence-corrected chi connectivity index (χ0v) is 19.4. The second-order valence-corrected chi connectivity index (χ2v) is 9.37. The molecule has 0 aliphatic carbocycles. The molecular weight excluding hydrogens is 453 g/mol. The van der Waals surface area contributed by atoms with Crippen molar-refractivity contribution in [3.63, 3.8) is 0 Å². The van der Waals surface area contributed by atoms with Crippen LogP contribution in [0.3, 0.4) is 0 Å². The van der Waals surface area contributed by atoms with Gasteiger partial charge in [0, 0.05) is 36.3 Å². The number of fused-ring (bicyclic) bond motifs is 3.